The average molecular weight is 334 g/mol. The van der Waals surface area contributed by atoms with E-state index in [9.17, 15) is 9.59 Å². The molecule has 1 amide bonds. The molecule has 0 aromatic heterocycles. The van der Waals surface area contributed by atoms with E-state index in [1.807, 2.05) is 38.1 Å². The minimum Gasteiger partial charge on any atom is -0.467 e. The molecule has 1 rings (SSSR count). The number of carbonyl (C=O) groups excluding carboxylic acids is 2. The van der Waals surface area contributed by atoms with Crippen molar-refractivity contribution in [3.63, 3.8) is 0 Å². The van der Waals surface area contributed by atoms with Crippen molar-refractivity contribution in [1.29, 1.82) is 0 Å². The van der Waals surface area contributed by atoms with Gasteiger partial charge in [0.1, 0.15) is 6.04 Å². The smallest absolute Gasteiger partial charge is 0.329 e. The number of rotatable bonds is 8. The summed E-state index contributed by atoms with van der Waals surface area (Å²) in [6, 6.07) is 7.44. The number of ether oxygens (including phenoxy) is 1. The van der Waals surface area contributed by atoms with E-state index in [1.165, 1.54) is 12.7 Å². The highest BCUT2D eigenvalue weighted by molar-refractivity contribution is 5.88. The Hall–Kier alpha value is -1.88. The zero-order valence-electron chi connectivity index (χ0n) is 15.6. The predicted molar refractivity (Wildman–Crippen MR) is 95.9 cm³/mol. The Labute approximate surface area is 145 Å². The van der Waals surface area contributed by atoms with Crippen molar-refractivity contribution in [2.24, 2.45) is 5.92 Å². The molecule has 2 atom stereocenters. The SMILES string of the molecule is COC(=O)[C@@H](CN(C)C)NC(=O)[C@@H](C)c1ccc(CC(C)C)cc1. The van der Waals surface area contributed by atoms with Gasteiger partial charge in [-0.15, -0.1) is 0 Å². The number of esters is 1. The van der Waals surface area contributed by atoms with Crippen LogP contribution in [-0.4, -0.2) is 50.6 Å². The standard InChI is InChI=1S/C19H30N2O3/c1-13(2)11-15-7-9-16(10-8-15)14(3)18(22)20-17(12-21(4)5)19(23)24-6/h7-10,13-14,17H,11-12H2,1-6H3,(H,20,22)/t14-,17+/m0/s1. The summed E-state index contributed by atoms with van der Waals surface area (Å²) in [4.78, 5) is 26.1. The Morgan fingerprint density at radius 1 is 1.12 bits per heavy atom. The van der Waals surface area contributed by atoms with Crippen LogP contribution in [0, 0.1) is 5.92 Å². The topological polar surface area (TPSA) is 58.6 Å². The third-order valence-corrected chi connectivity index (χ3v) is 3.87. The molecule has 0 heterocycles. The second kappa shape index (κ2) is 9.42. The molecule has 5 heteroatoms. The number of nitrogens with zero attached hydrogens (tertiary/aromatic N) is 1. The van der Waals surface area contributed by atoms with Gasteiger partial charge in [0, 0.05) is 6.54 Å². The van der Waals surface area contributed by atoms with E-state index in [4.69, 9.17) is 4.74 Å². The van der Waals surface area contributed by atoms with Crippen LogP contribution in [-0.2, 0) is 20.7 Å². The lowest BCUT2D eigenvalue weighted by Crippen LogP contribution is -2.48. The van der Waals surface area contributed by atoms with Gasteiger partial charge in [-0.2, -0.15) is 0 Å². The summed E-state index contributed by atoms with van der Waals surface area (Å²) in [7, 11) is 5.02. The number of nitrogens with one attached hydrogen (secondary N) is 1. The molecule has 134 valence electrons. The van der Waals surface area contributed by atoms with Crippen LogP contribution < -0.4 is 5.32 Å². The van der Waals surface area contributed by atoms with Crippen LogP contribution in [0.25, 0.3) is 0 Å². The summed E-state index contributed by atoms with van der Waals surface area (Å²) in [6.45, 7) is 6.61. The highest BCUT2D eigenvalue weighted by Gasteiger charge is 2.25. The van der Waals surface area contributed by atoms with Gasteiger partial charge in [-0.05, 0) is 44.5 Å². The van der Waals surface area contributed by atoms with E-state index in [1.54, 1.807) is 0 Å². The highest BCUT2D eigenvalue weighted by Crippen LogP contribution is 2.18. The van der Waals surface area contributed by atoms with Crippen molar-refractivity contribution in [2.45, 2.75) is 39.2 Å². The molecular formula is C19H30N2O3. The fourth-order valence-electron chi connectivity index (χ4n) is 2.55. The van der Waals surface area contributed by atoms with Crippen LogP contribution in [0.15, 0.2) is 24.3 Å². The van der Waals surface area contributed by atoms with Crippen molar-refractivity contribution in [3.8, 4) is 0 Å². The molecule has 0 saturated carbocycles. The maximum atomic E-state index is 12.5. The number of hydrogen-bond acceptors (Lipinski definition) is 4. The Morgan fingerprint density at radius 2 is 1.71 bits per heavy atom. The molecule has 0 aliphatic rings. The monoisotopic (exact) mass is 334 g/mol. The Kier molecular flexibility index (Phi) is 7.92. The summed E-state index contributed by atoms with van der Waals surface area (Å²) in [5.41, 5.74) is 2.20. The van der Waals surface area contributed by atoms with Crippen LogP contribution >= 0.6 is 0 Å². The second-order valence-corrected chi connectivity index (χ2v) is 6.91. The lowest BCUT2D eigenvalue weighted by Gasteiger charge is -2.22. The summed E-state index contributed by atoms with van der Waals surface area (Å²) in [6.07, 6.45) is 1.02. The van der Waals surface area contributed by atoms with Gasteiger partial charge in [-0.3, -0.25) is 4.79 Å². The van der Waals surface area contributed by atoms with Crippen LogP contribution in [0.2, 0.25) is 0 Å². The van der Waals surface area contributed by atoms with E-state index in [0.717, 1.165) is 12.0 Å². The average Bonchev–Trinajstić information content (AvgIpc) is 2.52. The Bertz CT molecular complexity index is 538. The number of hydrogen-bond donors (Lipinski definition) is 1. The molecule has 1 aromatic carbocycles. The highest BCUT2D eigenvalue weighted by atomic mass is 16.5. The third-order valence-electron chi connectivity index (χ3n) is 3.87. The van der Waals surface area contributed by atoms with E-state index >= 15 is 0 Å². The van der Waals surface area contributed by atoms with Gasteiger partial charge in [0.05, 0.1) is 13.0 Å². The Balaban J connectivity index is 2.76. The molecule has 0 aliphatic carbocycles. The number of likely N-dealkylation sites (N-methyl/N-ethyl adjacent to an activating group) is 1. The largest absolute Gasteiger partial charge is 0.467 e. The maximum absolute atomic E-state index is 12.5. The fourth-order valence-corrected chi connectivity index (χ4v) is 2.55. The zero-order valence-corrected chi connectivity index (χ0v) is 15.6. The summed E-state index contributed by atoms with van der Waals surface area (Å²) in [5.74, 6) is -0.337. The molecule has 0 bridgehead atoms. The number of methoxy groups -OCH3 is 1. The van der Waals surface area contributed by atoms with Gasteiger partial charge in [0.15, 0.2) is 0 Å². The molecule has 5 nitrogen and oxygen atoms in total. The Morgan fingerprint density at radius 3 is 2.17 bits per heavy atom. The zero-order chi connectivity index (χ0) is 18.3. The second-order valence-electron chi connectivity index (χ2n) is 6.91. The first-order valence-electron chi connectivity index (χ1n) is 8.36. The van der Waals surface area contributed by atoms with E-state index in [0.29, 0.717) is 12.5 Å². The third kappa shape index (κ3) is 6.32. The first-order chi connectivity index (χ1) is 11.2. The number of benzene rings is 1. The molecule has 0 spiro atoms. The first kappa shape index (κ1) is 20.2. The molecular weight excluding hydrogens is 304 g/mol. The number of amides is 1. The van der Waals surface area contributed by atoms with Crippen LogP contribution in [0.3, 0.4) is 0 Å². The summed E-state index contributed by atoms with van der Waals surface area (Å²) >= 11 is 0. The van der Waals surface area contributed by atoms with E-state index in [2.05, 4.69) is 31.3 Å². The molecule has 0 saturated heterocycles. The lowest BCUT2D eigenvalue weighted by atomic mass is 9.96. The van der Waals surface area contributed by atoms with Gasteiger partial charge < -0.3 is 15.0 Å². The molecule has 0 unspecified atom stereocenters. The van der Waals surface area contributed by atoms with Crippen molar-refractivity contribution in [3.05, 3.63) is 35.4 Å². The summed E-state index contributed by atoms with van der Waals surface area (Å²) in [5, 5.41) is 2.79. The molecule has 1 aromatic rings. The van der Waals surface area contributed by atoms with E-state index < -0.39 is 12.0 Å². The predicted octanol–water partition coefficient (Wildman–Crippen LogP) is 2.21. The molecule has 0 radical (unpaired) electrons. The van der Waals surface area contributed by atoms with Gasteiger partial charge >= 0.3 is 5.97 Å². The molecule has 0 aliphatic heterocycles. The minimum atomic E-state index is -0.667. The number of carbonyl (C=O) groups is 2. The fraction of sp³-hybridized carbons (Fsp3) is 0.579. The van der Waals surface area contributed by atoms with Crippen LogP contribution in [0.4, 0.5) is 0 Å². The van der Waals surface area contributed by atoms with Crippen LogP contribution in [0.1, 0.15) is 37.8 Å². The molecule has 1 N–H and O–H groups in total. The van der Waals surface area contributed by atoms with Gasteiger partial charge in [0.2, 0.25) is 5.91 Å². The van der Waals surface area contributed by atoms with Gasteiger partial charge in [0.25, 0.3) is 0 Å². The van der Waals surface area contributed by atoms with Crippen molar-refractivity contribution in [1.82, 2.24) is 10.2 Å². The van der Waals surface area contributed by atoms with E-state index in [-0.39, 0.29) is 11.8 Å². The van der Waals surface area contributed by atoms with Crippen molar-refractivity contribution in [2.75, 3.05) is 27.7 Å². The maximum Gasteiger partial charge on any atom is 0.329 e. The lowest BCUT2D eigenvalue weighted by molar-refractivity contribution is -0.145. The quantitative estimate of drug-likeness (QED) is 0.741. The van der Waals surface area contributed by atoms with Crippen LogP contribution in [0.5, 0.6) is 0 Å². The summed E-state index contributed by atoms with van der Waals surface area (Å²) < 4.78 is 4.77. The normalized spacial score (nSPS) is 13.7. The molecule has 0 fully saturated rings. The van der Waals surface area contributed by atoms with Gasteiger partial charge in [-0.25, -0.2) is 4.79 Å². The van der Waals surface area contributed by atoms with Crippen molar-refractivity contribution >= 4 is 11.9 Å². The molecule has 24 heavy (non-hydrogen) atoms. The minimum absolute atomic E-state index is 0.177. The van der Waals surface area contributed by atoms with Crippen molar-refractivity contribution < 1.29 is 14.3 Å². The van der Waals surface area contributed by atoms with Gasteiger partial charge in [-0.1, -0.05) is 38.1 Å². The first-order valence-corrected chi connectivity index (χ1v) is 8.36.